The average Bonchev–Trinajstić information content (AvgIpc) is 2.64. The van der Waals surface area contributed by atoms with Gasteiger partial charge in [-0.1, -0.05) is 75.7 Å². The minimum absolute atomic E-state index is 0.163. The van der Waals surface area contributed by atoms with E-state index in [1.165, 1.54) is 6.92 Å². The molecule has 0 saturated carbocycles. The van der Waals surface area contributed by atoms with Crippen molar-refractivity contribution in [2.75, 3.05) is 0 Å². The van der Waals surface area contributed by atoms with Gasteiger partial charge in [-0.15, -0.1) is 0 Å². The van der Waals surface area contributed by atoms with Gasteiger partial charge in [0.05, 0.1) is 11.2 Å². The highest BCUT2D eigenvalue weighted by molar-refractivity contribution is 6.33. The Morgan fingerprint density at radius 1 is 0.875 bits per heavy atom. The summed E-state index contributed by atoms with van der Waals surface area (Å²) in [5, 5.41) is 1.48. The molecule has 0 N–H and O–H groups in total. The highest BCUT2D eigenvalue weighted by Crippen LogP contribution is 2.31. The molecule has 0 unspecified atom stereocenters. The number of ketones is 1. The van der Waals surface area contributed by atoms with E-state index >= 15 is 0 Å². The summed E-state index contributed by atoms with van der Waals surface area (Å²) in [7, 11) is 0. The first-order valence-corrected chi connectivity index (χ1v) is 8.57. The largest absolute Gasteiger partial charge is 0.291 e. The Kier molecular flexibility index (Phi) is 8.07. The smallest absolute Gasteiger partial charge is 0.197 e. The average molecular weight is 343 g/mol. The van der Waals surface area contributed by atoms with Crippen molar-refractivity contribution in [2.45, 2.75) is 34.6 Å². The van der Waals surface area contributed by atoms with Crippen molar-refractivity contribution < 1.29 is 4.79 Å². The van der Waals surface area contributed by atoms with Gasteiger partial charge in [-0.2, -0.15) is 0 Å². The van der Waals surface area contributed by atoms with Gasteiger partial charge in [0.1, 0.15) is 0 Å². The van der Waals surface area contributed by atoms with Crippen LogP contribution in [-0.2, 0) is 0 Å². The zero-order chi connectivity index (χ0) is 18.1. The van der Waals surface area contributed by atoms with Gasteiger partial charge in [0.2, 0.25) is 0 Å². The number of carbonyl (C=O) groups excluding carboxylic acids is 1. The van der Waals surface area contributed by atoms with Crippen LogP contribution < -0.4 is 0 Å². The van der Waals surface area contributed by atoms with Crippen molar-refractivity contribution in [3.8, 4) is 11.3 Å². The van der Waals surface area contributed by atoms with E-state index in [4.69, 9.17) is 11.6 Å². The fourth-order valence-electron chi connectivity index (χ4n) is 2.09. The fourth-order valence-corrected chi connectivity index (χ4v) is 2.32. The van der Waals surface area contributed by atoms with E-state index in [0.29, 0.717) is 10.7 Å². The zero-order valence-electron chi connectivity index (χ0n) is 14.8. The van der Waals surface area contributed by atoms with Gasteiger partial charge in [-0.3, -0.25) is 4.79 Å². The lowest BCUT2D eigenvalue weighted by molar-refractivity contribution is 0.100. The summed E-state index contributed by atoms with van der Waals surface area (Å²) in [5.74, 6) is 0.0441. The summed E-state index contributed by atoms with van der Waals surface area (Å²) < 4.78 is 0. The van der Waals surface area contributed by atoms with Gasteiger partial charge < -0.3 is 0 Å². The van der Waals surface area contributed by atoms with Crippen LogP contribution in [0.1, 0.15) is 45.2 Å². The predicted octanol–water partition coefficient (Wildman–Crippen LogP) is 6.21. The van der Waals surface area contributed by atoms with Crippen LogP contribution in [0.2, 0.25) is 5.02 Å². The number of halogens is 1. The summed E-state index contributed by atoms with van der Waals surface area (Å²) in [6, 6.07) is 15.0. The second kappa shape index (κ2) is 9.78. The van der Waals surface area contributed by atoms with E-state index in [2.05, 4.69) is 9.97 Å². The van der Waals surface area contributed by atoms with Crippen LogP contribution in [0.4, 0.5) is 0 Å². The summed E-state index contributed by atoms with van der Waals surface area (Å²) in [6.45, 7) is 9.46. The van der Waals surface area contributed by atoms with Crippen molar-refractivity contribution in [2.24, 2.45) is 0 Å². The quantitative estimate of drug-likeness (QED) is 0.520. The van der Waals surface area contributed by atoms with Gasteiger partial charge in [-0.05, 0) is 12.1 Å². The van der Waals surface area contributed by atoms with Crippen LogP contribution in [0.15, 0.2) is 48.5 Å². The van der Waals surface area contributed by atoms with E-state index in [-0.39, 0.29) is 11.6 Å². The Hall–Kier alpha value is -2.26. The number of fused-ring (bicyclic) bond motifs is 1. The minimum atomic E-state index is -0.163. The van der Waals surface area contributed by atoms with Crippen LogP contribution >= 0.6 is 11.6 Å². The molecule has 3 aromatic rings. The molecule has 0 amide bonds. The van der Waals surface area contributed by atoms with E-state index in [1.54, 1.807) is 6.07 Å². The van der Waals surface area contributed by atoms with E-state index in [0.717, 1.165) is 16.5 Å². The van der Waals surface area contributed by atoms with Gasteiger partial charge in [0, 0.05) is 22.9 Å². The minimum Gasteiger partial charge on any atom is -0.291 e. The fraction of sp³-hybridized carbons (Fsp3) is 0.250. The lowest BCUT2D eigenvalue weighted by Gasteiger charge is -2.08. The molecule has 0 aliphatic heterocycles. The number of carbonyl (C=O) groups is 1. The van der Waals surface area contributed by atoms with E-state index in [1.807, 2.05) is 70.2 Å². The molecule has 3 rings (SSSR count). The molecule has 0 atom stereocenters. The molecule has 0 aliphatic rings. The molecule has 0 fully saturated rings. The van der Waals surface area contributed by atoms with Crippen LogP contribution in [0.25, 0.3) is 22.2 Å². The molecular weight excluding hydrogens is 320 g/mol. The maximum Gasteiger partial charge on any atom is 0.197 e. The monoisotopic (exact) mass is 342 g/mol. The zero-order valence-corrected chi connectivity index (χ0v) is 15.6. The third-order valence-corrected chi connectivity index (χ3v) is 3.38. The van der Waals surface area contributed by atoms with Crippen molar-refractivity contribution in [1.29, 1.82) is 0 Å². The third kappa shape index (κ3) is 4.39. The molecule has 0 radical (unpaired) electrons. The maximum atomic E-state index is 11.6. The highest BCUT2D eigenvalue weighted by Gasteiger charge is 2.13. The first-order valence-electron chi connectivity index (χ1n) is 8.19. The second-order valence-electron chi connectivity index (χ2n) is 4.45. The summed E-state index contributed by atoms with van der Waals surface area (Å²) in [4.78, 5) is 20.3. The lowest BCUT2D eigenvalue weighted by atomic mass is 10.1. The number of hydrogen-bond donors (Lipinski definition) is 0. The maximum absolute atomic E-state index is 11.6. The molecule has 2 aromatic carbocycles. The Bertz CT molecular complexity index is 816. The molecular formula is C20H23ClN2O. The number of nitrogens with zero attached hydrogens (tertiary/aromatic N) is 2. The Balaban J connectivity index is 0.000000671. The van der Waals surface area contributed by atoms with Crippen molar-refractivity contribution in [3.05, 3.63) is 59.4 Å². The molecule has 0 saturated heterocycles. The standard InChI is InChI=1S/C16H11ClN2O.2C2H6/c1-10(20)16-18-14-9-5-3-7-12(14)15(19-16)11-6-2-4-8-13(11)17;2*1-2/h2-9H,1H3;2*1-2H3. The van der Waals surface area contributed by atoms with Gasteiger partial charge >= 0.3 is 0 Å². The normalized spacial score (nSPS) is 9.42. The molecule has 3 nitrogen and oxygen atoms in total. The van der Waals surface area contributed by atoms with Crippen LogP contribution in [-0.4, -0.2) is 15.8 Å². The molecule has 1 aromatic heterocycles. The molecule has 1 heterocycles. The summed E-state index contributed by atoms with van der Waals surface area (Å²) in [5.41, 5.74) is 2.23. The van der Waals surface area contributed by atoms with Gasteiger partial charge in [-0.25, -0.2) is 9.97 Å². The molecule has 0 bridgehead atoms. The van der Waals surface area contributed by atoms with Crippen molar-refractivity contribution in [3.63, 3.8) is 0 Å². The predicted molar refractivity (Wildman–Crippen MR) is 103 cm³/mol. The molecule has 126 valence electrons. The number of benzene rings is 2. The van der Waals surface area contributed by atoms with E-state index in [9.17, 15) is 4.79 Å². The van der Waals surface area contributed by atoms with Gasteiger partial charge in [0.25, 0.3) is 0 Å². The number of hydrogen-bond acceptors (Lipinski definition) is 3. The Morgan fingerprint density at radius 2 is 1.46 bits per heavy atom. The van der Waals surface area contributed by atoms with Crippen molar-refractivity contribution >= 4 is 28.3 Å². The van der Waals surface area contributed by atoms with Gasteiger partial charge in [0.15, 0.2) is 11.6 Å². The first kappa shape index (κ1) is 19.8. The molecule has 0 spiro atoms. The van der Waals surface area contributed by atoms with Crippen LogP contribution in [0.5, 0.6) is 0 Å². The third-order valence-electron chi connectivity index (χ3n) is 3.05. The molecule has 0 aliphatic carbocycles. The number of para-hydroxylation sites is 1. The topological polar surface area (TPSA) is 42.9 Å². The number of rotatable bonds is 2. The highest BCUT2D eigenvalue weighted by atomic mass is 35.5. The Morgan fingerprint density at radius 3 is 2.08 bits per heavy atom. The number of aromatic nitrogens is 2. The summed E-state index contributed by atoms with van der Waals surface area (Å²) >= 11 is 6.25. The Labute approximate surface area is 148 Å². The number of Topliss-reactive ketones (excluding diaryl/α,β-unsaturated/α-hetero) is 1. The van der Waals surface area contributed by atoms with Crippen molar-refractivity contribution in [1.82, 2.24) is 9.97 Å². The van der Waals surface area contributed by atoms with Crippen LogP contribution in [0.3, 0.4) is 0 Å². The SMILES string of the molecule is CC.CC.CC(=O)c1nc(-c2ccccc2Cl)c2ccccc2n1. The molecule has 4 heteroatoms. The first-order chi connectivity index (χ1) is 11.7. The summed E-state index contributed by atoms with van der Waals surface area (Å²) in [6.07, 6.45) is 0. The second-order valence-corrected chi connectivity index (χ2v) is 4.86. The lowest BCUT2D eigenvalue weighted by Crippen LogP contribution is -2.03. The van der Waals surface area contributed by atoms with E-state index < -0.39 is 0 Å². The van der Waals surface area contributed by atoms with Crippen LogP contribution in [0, 0.1) is 0 Å². The molecule has 24 heavy (non-hydrogen) atoms.